The first-order chi connectivity index (χ1) is 11.0. The van der Waals surface area contributed by atoms with Gasteiger partial charge in [0, 0.05) is 12.1 Å². The van der Waals surface area contributed by atoms with E-state index in [1.54, 1.807) is 18.2 Å². The fraction of sp³-hybridized carbons (Fsp3) is 0.556. The number of esters is 1. The van der Waals surface area contributed by atoms with E-state index >= 15 is 0 Å². The average Bonchev–Trinajstić information content (AvgIpc) is 2.55. The summed E-state index contributed by atoms with van der Waals surface area (Å²) in [5.74, 6) is -0.382. The van der Waals surface area contributed by atoms with Crippen molar-refractivity contribution in [1.29, 1.82) is 0 Å². The van der Waals surface area contributed by atoms with Crippen LogP contribution in [0.15, 0.2) is 18.2 Å². The van der Waals surface area contributed by atoms with Crippen LogP contribution in [0.2, 0.25) is 0 Å². The van der Waals surface area contributed by atoms with Gasteiger partial charge in [-0.25, -0.2) is 4.79 Å². The quantitative estimate of drug-likeness (QED) is 0.793. The van der Waals surface area contributed by atoms with E-state index in [1.165, 1.54) is 13.5 Å². The predicted octanol–water partition coefficient (Wildman–Crippen LogP) is 3.44. The molecule has 6 heteroatoms. The number of nitrogens with two attached hydrogens (primary N) is 1. The number of hydrogen-bond acceptors (Lipinski definition) is 4. The highest BCUT2D eigenvalue weighted by atomic mass is 35.5. The Bertz CT molecular complexity index is 584. The summed E-state index contributed by atoms with van der Waals surface area (Å²) < 4.78 is 4.73. The van der Waals surface area contributed by atoms with Crippen LogP contribution in [0.25, 0.3) is 0 Å². The predicted molar refractivity (Wildman–Crippen MR) is 97.6 cm³/mol. The third-order valence-corrected chi connectivity index (χ3v) is 4.80. The molecule has 24 heavy (non-hydrogen) atoms. The van der Waals surface area contributed by atoms with Crippen LogP contribution in [-0.4, -0.2) is 25.5 Å². The number of aryl methyl sites for hydroxylation is 1. The van der Waals surface area contributed by atoms with Crippen LogP contribution in [0.3, 0.4) is 0 Å². The van der Waals surface area contributed by atoms with Crippen LogP contribution in [0.5, 0.6) is 0 Å². The lowest BCUT2D eigenvalue weighted by atomic mass is 9.71. The molecule has 1 aliphatic carbocycles. The highest BCUT2D eigenvalue weighted by Crippen LogP contribution is 2.38. The van der Waals surface area contributed by atoms with Gasteiger partial charge < -0.3 is 15.8 Å². The molecule has 0 radical (unpaired) electrons. The fourth-order valence-corrected chi connectivity index (χ4v) is 3.38. The highest BCUT2D eigenvalue weighted by Gasteiger charge is 2.32. The zero-order chi connectivity index (χ0) is 16.9. The van der Waals surface area contributed by atoms with Gasteiger partial charge in [-0.05, 0) is 55.5 Å². The van der Waals surface area contributed by atoms with Gasteiger partial charge in [-0.1, -0.05) is 19.3 Å². The summed E-state index contributed by atoms with van der Waals surface area (Å²) in [5.41, 5.74) is 7.88. The molecule has 0 aliphatic heterocycles. The number of amides is 1. The molecule has 3 N–H and O–H groups in total. The second-order valence-electron chi connectivity index (χ2n) is 6.51. The van der Waals surface area contributed by atoms with Gasteiger partial charge in [-0.2, -0.15) is 0 Å². The number of carbonyl (C=O) groups is 2. The van der Waals surface area contributed by atoms with Gasteiger partial charge in [0.2, 0.25) is 5.91 Å². The average molecular weight is 355 g/mol. The molecule has 1 aromatic rings. The summed E-state index contributed by atoms with van der Waals surface area (Å²) >= 11 is 0. The van der Waals surface area contributed by atoms with E-state index in [1.807, 2.05) is 6.92 Å². The first-order valence-corrected chi connectivity index (χ1v) is 8.18. The number of methoxy groups -OCH3 is 1. The van der Waals surface area contributed by atoms with Crippen molar-refractivity contribution in [2.24, 2.45) is 11.1 Å². The van der Waals surface area contributed by atoms with Crippen LogP contribution >= 0.6 is 12.4 Å². The summed E-state index contributed by atoms with van der Waals surface area (Å²) in [5, 5.41) is 2.93. The molecule has 0 saturated heterocycles. The smallest absolute Gasteiger partial charge is 0.338 e. The van der Waals surface area contributed by atoms with Crippen molar-refractivity contribution < 1.29 is 14.3 Å². The molecule has 0 aromatic heterocycles. The van der Waals surface area contributed by atoms with Crippen LogP contribution in [0, 0.1) is 12.3 Å². The maximum Gasteiger partial charge on any atom is 0.338 e. The summed E-state index contributed by atoms with van der Waals surface area (Å²) in [6.45, 7) is 2.38. The Hall–Kier alpha value is -1.59. The molecule has 0 unspecified atom stereocenters. The third kappa shape index (κ3) is 4.95. The second kappa shape index (κ2) is 9.04. The number of ether oxygens (including phenoxy) is 1. The van der Waals surface area contributed by atoms with E-state index in [0.717, 1.165) is 31.2 Å². The SMILES string of the molecule is COC(=O)c1ccc(NC(=O)CC2(CN)CCCCC2)cc1C.Cl. The van der Waals surface area contributed by atoms with Crippen molar-refractivity contribution in [3.05, 3.63) is 29.3 Å². The lowest BCUT2D eigenvalue weighted by Gasteiger charge is -2.35. The van der Waals surface area contributed by atoms with Crippen molar-refractivity contribution in [3.8, 4) is 0 Å². The van der Waals surface area contributed by atoms with Crippen molar-refractivity contribution in [2.45, 2.75) is 45.4 Å². The minimum atomic E-state index is -0.371. The molecule has 2 rings (SSSR count). The Morgan fingerprint density at radius 3 is 2.46 bits per heavy atom. The van der Waals surface area contributed by atoms with Crippen molar-refractivity contribution in [1.82, 2.24) is 0 Å². The van der Waals surface area contributed by atoms with Crippen LogP contribution in [0.1, 0.15) is 54.4 Å². The van der Waals surface area contributed by atoms with E-state index in [4.69, 9.17) is 10.5 Å². The summed E-state index contributed by atoms with van der Waals surface area (Å²) in [4.78, 5) is 24.0. The van der Waals surface area contributed by atoms with Crippen molar-refractivity contribution in [2.75, 3.05) is 19.0 Å². The zero-order valence-electron chi connectivity index (χ0n) is 14.4. The topological polar surface area (TPSA) is 81.4 Å². The molecule has 1 aliphatic rings. The normalized spacial score (nSPS) is 16.0. The van der Waals surface area contributed by atoms with Crippen LogP contribution < -0.4 is 11.1 Å². The molecule has 1 aromatic carbocycles. The zero-order valence-corrected chi connectivity index (χ0v) is 15.2. The van der Waals surface area contributed by atoms with Crippen LogP contribution in [-0.2, 0) is 9.53 Å². The monoisotopic (exact) mass is 354 g/mol. The molecular formula is C18H27ClN2O3. The molecule has 5 nitrogen and oxygen atoms in total. The van der Waals surface area contributed by atoms with Crippen molar-refractivity contribution in [3.63, 3.8) is 0 Å². The molecule has 1 fully saturated rings. The standard InChI is InChI=1S/C18H26N2O3.ClH/c1-13-10-14(6-7-15(13)17(22)23-2)20-16(21)11-18(12-19)8-4-3-5-9-18;/h6-7,10H,3-5,8-9,11-12,19H2,1-2H3,(H,20,21);1H. The second-order valence-corrected chi connectivity index (χ2v) is 6.51. The maximum absolute atomic E-state index is 12.4. The van der Waals surface area contributed by atoms with Crippen LogP contribution in [0.4, 0.5) is 5.69 Å². The molecule has 1 amide bonds. The number of hydrogen-bond donors (Lipinski definition) is 2. The summed E-state index contributed by atoms with van der Waals surface area (Å²) in [7, 11) is 1.36. The molecule has 1 saturated carbocycles. The molecule has 0 atom stereocenters. The highest BCUT2D eigenvalue weighted by molar-refractivity contribution is 5.94. The minimum absolute atomic E-state index is 0. The minimum Gasteiger partial charge on any atom is -0.465 e. The number of rotatable bonds is 5. The van der Waals surface area contributed by atoms with E-state index in [0.29, 0.717) is 24.2 Å². The van der Waals surface area contributed by atoms with Gasteiger partial charge in [0.25, 0.3) is 0 Å². The number of carbonyl (C=O) groups excluding carboxylic acids is 2. The first-order valence-electron chi connectivity index (χ1n) is 8.18. The Morgan fingerprint density at radius 2 is 1.92 bits per heavy atom. The lowest BCUT2D eigenvalue weighted by Crippen LogP contribution is -2.36. The van der Waals surface area contributed by atoms with E-state index < -0.39 is 0 Å². The number of benzene rings is 1. The largest absolute Gasteiger partial charge is 0.465 e. The Balaban J connectivity index is 0.00000288. The van der Waals surface area contributed by atoms with Gasteiger partial charge in [0.1, 0.15) is 0 Å². The fourth-order valence-electron chi connectivity index (χ4n) is 3.38. The van der Waals surface area contributed by atoms with E-state index in [2.05, 4.69) is 5.32 Å². The van der Waals surface area contributed by atoms with Crippen molar-refractivity contribution >= 4 is 30.0 Å². The van der Waals surface area contributed by atoms with Gasteiger partial charge in [-0.3, -0.25) is 4.79 Å². The molecule has 0 heterocycles. The van der Waals surface area contributed by atoms with Gasteiger partial charge >= 0.3 is 5.97 Å². The molecule has 134 valence electrons. The van der Waals surface area contributed by atoms with E-state index in [-0.39, 0.29) is 29.7 Å². The van der Waals surface area contributed by atoms with Gasteiger partial charge in [-0.15, -0.1) is 12.4 Å². The number of nitrogens with one attached hydrogen (secondary N) is 1. The molecular weight excluding hydrogens is 328 g/mol. The Labute approximate surface area is 149 Å². The Morgan fingerprint density at radius 1 is 1.25 bits per heavy atom. The third-order valence-electron chi connectivity index (χ3n) is 4.80. The number of halogens is 1. The summed E-state index contributed by atoms with van der Waals surface area (Å²) in [6.07, 6.45) is 6.04. The number of anilines is 1. The Kier molecular flexibility index (Phi) is 7.70. The molecule has 0 spiro atoms. The maximum atomic E-state index is 12.4. The lowest BCUT2D eigenvalue weighted by molar-refractivity contribution is -0.118. The van der Waals surface area contributed by atoms with Gasteiger partial charge in [0.15, 0.2) is 0 Å². The summed E-state index contributed by atoms with van der Waals surface area (Å²) in [6, 6.07) is 5.20. The molecule has 0 bridgehead atoms. The first kappa shape index (κ1) is 20.5. The van der Waals surface area contributed by atoms with Gasteiger partial charge in [0.05, 0.1) is 12.7 Å². The van der Waals surface area contributed by atoms with E-state index in [9.17, 15) is 9.59 Å².